The van der Waals surface area contributed by atoms with Gasteiger partial charge in [0.2, 0.25) is 11.8 Å². The van der Waals surface area contributed by atoms with Gasteiger partial charge in [-0.2, -0.15) is 0 Å². The molecule has 0 aromatic heterocycles. The fourth-order valence-corrected chi connectivity index (χ4v) is 3.36. The van der Waals surface area contributed by atoms with Crippen molar-refractivity contribution in [2.45, 2.75) is 78.1 Å². The van der Waals surface area contributed by atoms with Crippen molar-refractivity contribution in [1.82, 2.24) is 9.80 Å². The van der Waals surface area contributed by atoms with E-state index in [2.05, 4.69) is 0 Å². The van der Waals surface area contributed by atoms with Gasteiger partial charge in [0.1, 0.15) is 0 Å². The molecule has 0 aromatic rings. The van der Waals surface area contributed by atoms with E-state index in [1.54, 1.807) is 51.8 Å². The Bertz CT molecular complexity index is 524. The molecule has 2 amide bonds. The van der Waals surface area contributed by atoms with E-state index in [4.69, 9.17) is 9.47 Å². The van der Waals surface area contributed by atoms with Crippen LogP contribution >= 0.6 is 0 Å². The summed E-state index contributed by atoms with van der Waals surface area (Å²) in [5.74, 6) is -0.951. The molecule has 0 saturated carbocycles. The van der Waals surface area contributed by atoms with E-state index in [1.807, 2.05) is 0 Å². The summed E-state index contributed by atoms with van der Waals surface area (Å²) < 4.78 is 10.5. The molecule has 0 saturated heterocycles. The lowest BCUT2D eigenvalue weighted by atomic mass is 9.77. The predicted molar refractivity (Wildman–Crippen MR) is 119 cm³/mol. The second-order valence-electron chi connectivity index (χ2n) is 8.22. The quantitative estimate of drug-likeness (QED) is 0.207. The second-order valence-corrected chi connectivity index (χ2v) is 8.22. The molecule has 0 spiro atoms. The van der Waals surface area contributed by atoms with Crippen LogP contribution in [0.25, 0.3) is 0 Å². The van der Waals surface area contributed by atoms with E-state index >= 15 is 0 Å². The Kier molecular flexibility index (Phi) is 14.6. The minimum atomic E-state index is -1.33. The normalized spacial score (nSPS) is 11.0. The van der Waals surface area contributed by atoms with Crippen LogP contribution in [0.15, 0.2) is 0 Å². The number of carbonyl (C=O) groups excluding carboxylic acids is 4. The van der Waals surface area contributed by atoms with Crippen LogP contribution in [0, 0.1) is 5.41 Å². The Balaban J connectivity index is 5.05. The highest BCUT2D eigenvalue weighted by Crippen LogP contribution is 2.35. The van der Waals surface area contributed by atoms with Gasteiger partial charge in [0.15, 0.2) is 5.41 Å². The lowest BCUT2D eigenvalue weighted by Gasteiger charge is -2.29. The number of carbonyl (C=O) groups is 4. The molecule has 0 heterocycles. The lowest BCUT2D eigenvalue weighted by Crippen LogP contribution is -2.42. The number of hydrogen-bond acceptors (Lipinski definition) is 6. The summed E-state index contributed by atoms with van der Waals surface area (Å²) in [5.41, 5.74) is -1.33. The summed E-state index contributed by atoms with van der Waals surface area (Å²) in [6.07, 6.45) is 5.66. The minimum absolute atomic E-state index is 0.0642. The van der Waals surface area contributed by atoms with E-state index in [0.29, 0.717) is 51.4 Å². The zero-order valence-electron chi connectivity index (χ0n) is 20.3. The summed E-state index contributed by atoms with van der Waals surface area (Å²) in [7, 11) is 6.89. The van der Waals surface area contributed by atoms with E-state index in [-0.39, 0.29) is 25.0 Å². The monoisotopic (exact) mass is 442 g/mol. The summed E-state index contributed by atoms with van der Waals surface area (Å²) in [5, 5.41) is 0. The topological polar surface area (TPSA) is 93.2 Å². The summed E-state index contributed by atoms with van der Waals surface area (Å²) >= 11 is 0. The first-order valence-electron chi connectivity index (χ1n) is 11.4. The standard InChI is InChI=1S/C23H42N2O6/c1-7-30-21(28)23(22(29)31-8-2,17-13-9-11-15-19(26)24(3)4)18-14-10-12-16-20(27)25(5)6/h7-18H2,1-6H3. The average Bonchev–Trinajstić information content (AvgIpc) is 2.71. The van der Waals surface area contributed by atoms with Gasteiger partial charge in [-0.3, -0.25) is 19.2 Å². The molecular weight excluding hydrogens is 400 g/mol. The maximum atomic E-state index is 12.9. The second kappa shape index (κ2) is 15.6. The van der Waals surface area contributed by atoms with Gasteiger partial charge in [0.25, 0.3) is 0 Å². The van der Waals surface area contributed by atoms with Gasteiger partial charge in [-0.25, -0.2) is 0 Å². The number of ether oxygens (including phenoxy) is 2. The Labute approximate surface area is 187 Å². The summed E-state index contributed by atoms with van der Waals surface area (Å²) in [6.45, 7) is 3.81. The molecule has 0 atom stereocenters. The van der Waals surface area contributed by atoms with Crippen molar-refractivity contribution in [2.75, 3.05) is 41.4 Å². The van der Waals surface area contributed by atoms with Crippen LogP contribution in [0.2, 0.25) is 0 Å². The van der Waals surface area contributed by atoms with E-state index in [0.717, 1.165) is 12.8 Å². The maximum Gasteiger partial charge on any atom is 0.323 e. The van der Waals surface area contributed by atoms with Gasteiger partial charge in [-0.15, -0.1) is 0 Å². The molecule has 0 aliphatic heterocycles. The summed E-state index contributed by atoms with van der Waals surface area (Å²) in [6, 6.07) is 0. The van der Waals surface area contributed by atoms with Gasteiger partial charge < -0.3 is 19.3 Å². The molecule has 0 rings (SSSR count). The van der Waals surface area contributed by atoms with Crippen molar-refractivity contribution in [3.05, 3.63) is 0 Å². The van der Waals surface area contributed by atoms with Crippen LogP contribution in [0.3, 0.4) is 0 Å². The van der Waals surface area contributed by atoms with Gasteiger partial charge in [-0.1, -0.05) is 25.7 Å². The Morgan fingerprint density at radius 3 is 1.26 bits per heavy atom. The van der Waals surface area contributed by atoms with Crippen LogP contribution < -0.4 is 0 Å². The molecular formula is C23H42N2O6. The molecule has 0 N–H and O–H groups in total. The largest absolute Gasteiger partial charge is 0.465 e. The molecule has 8 nitrogen and oxygen atoms in total. The van der Waals surface area contributed by atoms with Crippen molar-refractivity contribution in [1.29, 1.82) is 0 Å². The molecule has 0 bridgehead atoms. The molecule has 0 fully saturated rings. The van der Waals surface area contributed by atoms with E-state index in [1.165, 1.54) is 0 Å². The Hall–Kier alpha value is -2.12. The van der Waals surface area contributed by atoms with Crippen LogP contribution in [-0.4, -0.2) is 75.0 Å². The fraction of sp³-hybridized carbons (Fsp3) is 0.826. The highest BCUT2D eigenvalue weighted by Gasteiger charge is 2.47. The Morgan fingerprint density at radius 2 is 0.968 bits per heavy atom. The zero-order valence-corrected chi connectivity index (χ0v) is 20.3. The van der Waals surface area contributed by atoms with E-state index < -0.39 is 17.4 Å². The number of nitrogens with zero attached hydrogens (tertiary/aromatic N) is 2. The number of esters is 2. The van der Waals surface area contributed by atoms with Crippen LogP contribution in [0.5, 0.6) is 0 Å². The molecule has 180 valence electrons. The van der Waals surface area contributed by atoms with Crippen LogP contribution in [0.1, 0.15) is 78.1 Å². The van der Waals surface area contributed by atoms with Crippen molar-refractivity contribution >= 4 is 23.8 Å². The highest BCUT2D eigenvalue weighted by atomic mass is 16.6. The van der Waals surface area contributed by atoms with Crippen molar-refractivity contribution in [2.24, 2.45) is 5.41 Å². The fourth-order valence-electron chi connectivity index (χ4n) is 3.36. The van der Waals surface area contributed by atoms with Crippen LogP contribution in [-0.2, 0) is 28.7 Å². The molecule has 0 aliphatic carbocycles. The molecule has 0 aliphatic rings. The Morgan fingerprint density at radius 1 is 0.613 bits per heavy atom. The number of unbranched alkanes of at least 4 members (excludes halogenated alkanes) is 4. The molecule has 31 heavy (non-hydrogen) atoms. The van der Waals surface area contributed by atoms with Crippen molar-refractivity contribution < 1.29 is 28.7 Å². The van der Waals surface area contributed by atoms with Crippen molar-refractivity contribution in [3.63, 3.8) is 0 Å². The van der Waals surface area contributed by atoms with Gasteiger partial charge >= 0.3 is 11.9 Å². The third kappa shape index (κ3) is 10.6. The van der Waals surface area contributed by atoms with Crippen LogP contribution in [0.4, 0.5) is 0 Å². The highest BCUT2D eigenvalue weighted by molar-refractivity contribution is 6.00. The van der Waals surface area contributed by atoms with Gasteiger partial charge in [0, 0.05) is 41.0 Å². The van der Waals surface area contributed by atoms with Gasteiger partial charge in [0.05, 0.1) is 13.2 Å². The average molecular weight is 443 g/mol. The summed E-state index contributed by atoms with van der Waals surface area (Å²) in [4.78, 5) is 52.3. The van der Waals surface area contributed by atoms with Gasteiger partial charge in [-0.05, 0) is 39.5 Å². The first kappa shape index (κ1) is 28.9. The van der Waals surface area contributed by atoms with E-state index in [9.17, 15) is 19.2 Å². The van der Waals surface area contributed by atoms with Crippen molar-refractivity contribution in [3.8, 4) is 0 Å². The predicted octanol–water partition coefficient (Wildman–Crippen LogP) is 3.18. The molecule has 8 heteroatoms. The smallest absolute Gasteiger partial charge is 0.323 e. The maximum absolute atomic E-state index is 12.9. The zero-order chi connectivity index (χ0) is 23.9. The SMILES string of the molecule is CCOC(=O)C(CCCCCC(=O)N(C)C)(CCCCCC(=O)N(C)C)C(=O)OCC. The number of amides is 2. The molecule has 0 aromatic carbocycles. The number of hydrogen-bond donors (Lipinski definition) is 0. The minimum Gasteiger partial charge on any atom is -0.465 e. The molecule has 0 unspecified atom stereocenters. The third-order valence-corrected chi connectivity index (χ3v) is 5.32. The first-order valence-corrected chi connectivity index (χ1v) is 11.4. The lowest BCUT2D eigenvalue weighted by molar-refractivity contribution is -0.173. The first-order chi connectivity index (χ1) is 14.6. The molecule has 0 radical (unpaired) electrons. The number of rotatable bonds is 16. The third-order valence-electron chi connectivity index (χ3n) is 5.32.